The lowest BCUT2D eigenvalue weighted by Gasteiger charge is -2.20. The number of benzene rings is 3. The molecule has 0 heterocycles. The number of ether oxygens (including phenoxy) is 2. The quantitative estimate of drug-likeness (QED) is 0.477. The van der Waals surface area contributed by atoms with Crippen molar-refractivity contribution in [3.8, 4) is 11.5 Å². The molecule has 0 aliphatic heterocycles. The Morgan fingerprint density at radius 1 is 0.931 bits per heavy atom. The fraction of sp³-hybridized carbons (Fsp3) is 0.208. The summed E-state index contributed by atoms with van der Waals surface area (Å²) in [7, 11) is 1.59. The van der Waals surface area contributed by atoms with E-state index in [1.54, 1.807) is 43.5 Å². The topological polar surface area (TPSA) is 47.6 Å². The molecule has 0 spiro atoms. The summed E-state index contributed by atoms with van der Waals surface area (Å²) in [5.41, 5.74) is 2.30. The van der Waals surface area contributed by atoms with Crippen molar-refractivity contribution in [2.24, 2.45) is 0 Å². The van der Waals surface area contributed by atoms with Crippen LogP contribution in [0.3, 0.4) is 0 Å². The fourth-order valence-electron chi connectivity index (χ4n) is 3.04. The average molecular weight is 393 g/mol. The van der Waals surface area contributed by atoms with Gasteiger partial charge in [0.15, 0.2) is 5.78 Å². The molecule has 0 radical (unpaired) electrons. The predicted octanol–water partition coefficient (Wildman–Crippen LogP) is 5.66. The second-order valence-corrected chi connectivity index (χ2v) is 6.56. The molecular formula is C24H24FNO3. The molecule has 3 aromatic rings. The molecule has 0 amide bonds. The van der Waals surface area contributed by atoms with Gasteiger partial charge in [-0.15, -0.1) is 0 Å². The maximum Gasteiger partial charge on any atom is 0.165 e. The molecule has 1 N–H and O–H groups in total. The number of ketones is 1. The van der Waals surface area contributed by atoms with Gasteiger partial charge in [-0.1, -0.05) is 12.1 Å². The van der Waals surface area contributed by atoms with Crippen LogP contribution in [0.25, 0.3) is 0 Å². The van der Waals surface area contributed by atoms with E-state index in [2.05, 4.69) is 5.32 Å². The summed E-state index contributed by atoms with van der Waals surface area (Å²) in [6.07, 6.45) is 0.248. The molecule has 0 fully saturated rings. The molecule has 29 heavy (non-hydrogen) atoms. The van der Waals surface area contributed by atoms with Crippen molar-refractivity contribution in [3.05, 3.63) is 89.7 Å². The maximum absolute atomic E-state index is 13.3. The minimum Gasteiger partial charge on any atom is -0.497 e. The summed E-state index contributed by atoms with van der Waals surface area (Å²) in [5.74, 6) is 1.18. The summed E-state index contributed by atoms with van der Waals surface area (Å²) in [4.78, 5) is 12.9. The summed E-state index contributed by atoms with van der Waals surface area (Å²) < 4.78 is 23.9. The van der Waals surface area contributed by atoms with Gasteiger partial charge in [0.1, 0.15) is 17.3 Å². The second-order valence-electron chi connectivity index (χ2n) is 6.56. The lowest BCUT2D eigenvalue weighted by atomic mass is 9.97. The summed E-state index contributed by atoms with van der Waals surface area (Å²) >= 11 is 0. The van der Waals surface area contributed by atoms with Crippen LogP contribution < -0.4 is 14.8 Å². The van der Waals surface area contributed by atoms with E-state index >= 15 is 0 Å². The molecule has 0 aliphatic carbocycles. The highest BCUT2D eigenvalue weighted by Crippen LogP contribution is 2.27. The number of hydrogen-bond acceptors (Lipinski definition) is 4. The van der Waals surface area contributed by atoms with Crippen LogP contribution in [0.2, 0.25) is 0 Å². The largest absolute Gasteiger partial charge is 0.497 e. The molecule has 3 rings (SSSR count). The highest BCUT2D eigenvalue weighted by atomic mass is 19.1. The lowest BCUT2D eigenvalue weighted by Crippen LogP contribution is -2.16. The van der Waals surface area contributed by atoms with Gasteiger partial charge < -0.3 is 14.8 Å². The van der Waals surface area contributed by atoms with E-state index in [9.17, 15) is 9.18 Å². The first kappa shape index (κ1) is 20.4. The summed E-state index contributed by atoms with van der Waals surface area (Å²) in [5, 5.41) is 3.34. The van der Waals surface area contributed by atoms with E-state index in [4.69, 9.17) is 9.47 Å². The van der Waals surface area contributed by atoms with Crippen LogP contribution >= 0.6 is 0 Å². The zero-order valence-electron chi connectivity index (χ0n) is 16.5. The minimum absolute atomic E-state index is 0.00106. The monoisotopic (exact) mass is 393 g/mol. The number of hydrogen-bond donors (Lipinski definition) is 1. The lowest BCUT2D eigenvalue weighted by molar-refractivity contribution is 0.0976. The van der Waals surface area contributed by atoms with E-state index < -0.39 is 0 Å². The van der Waals surface area contributed by atoms with Crippen LogP contribution in [0.4, 0.5) is 10.1 Å². The van der Waals surface area contributed by atoms with Gasteiger partial charge in [-0.25, -0.2) is 4.39 Å². The molecule has 0 aromatic heterocycles. The van der Waals surface area contributed by atoms with Crippen molar-refractivity contribution in [2.75, 3.05) is 19.0 Å². The van der Waals surface area contributed by atoms with E-state index in [-0.39, 0.29) is 24.1 Å². The SMILES string of the molecule is CCOc1ccc(C(CC(=O)c2ccc(OC)cc2)Nc2ccc(F)cc2)cc1. The molecule has 0 saturated heterocycles. The molecular weight excluding hydrogens is 369 g/mol. The Bertz CT molecular complexity index is 922. The Hall–Kier alpha value is -3.34. The first-order valence-corrected chi connectivity index (χ1v) is 9.51. The number of nitrogens with one attached hydrogen (secondary N) is 1. The van der Waals surface area contributed by atoms with E-state index in [0.29, 0.717) is 17.9 Å². The van der Waals surface area contributed by atoms with Crippen molar-refractivity contribution in [1.82, 2.24) is 0 Å². The molecule has 0 saturated carbocycles. The number of rotatable bonds is 9. The van der Waals surface area contributed by atoms with Crippen molar-refractivity contribution >= 4 is 11.5 Å². The predicted molar refractivity (Wildman–Crippen MR) is 112 cm³/mol. The van der Waals surface area contributed by atoms with Crippen LogP contribution in [0.15, 0.2) is 72.8 Å². The molecule has 1 unspecified atom stereocenters. The second kappa shape index (κ2) is 9.73. The van der Waals surface area contributed by atoms with Crippen LogP contribution in [0.1, 0.15) is 35.3 Å². The average Bonchev–Trinajstić information content (AvgIpc) is 2.75. The van der Waals surface area contributed by atoms with Crippen LogP contribution in [0.5, 0.6) is 11.5 Å². The van der Waals surface area contributed by atoms with Crippen LogP contribution in [0, 0.1) is 5.82 Å². The highest BCUT2D eigenvalue weighted by molar-refractivity contribution is 5.96. The molecule has 5 heteroatoms. The van der Waals surface area contributed by atoms with Gasteiger partial charge in [0.05, 0.1) is 19.8 Å². The first-order chi connectivity index (χ1) is 14.1. The third-order valence-corrected chi connectivity index (χ3v) is 4.58. The highest BCUT2D eigenvalue weighted by Gasteiger charge is 2.18. The van der Waals surface area contributed by atoms with Gasteiger partial charge in [0.25, 0.3) is 0 Å². The zero-order chi connectivity index (χ0) is 20.6. The number of carbonyl (C=O) groups is 1. The number of anilines is 1. The smallest absolute Gasteiger partial charge is 0.165 e. The Balaban J connectivity index is 1.82. The normalized spacial score (nSPS) is 11.6. The number of methoxy groups -OCH3 is 1. The number of carbonyl (C=O) groups excluding carboxylic acids is 1. The molecule has 4 nitrogen and oxygen atoms in total. The standard InChI is InChI=1S/C24H24FNO3/c1-3-29-22-14-4-17(5-15-22)23(26-20-10-8-19(25)9-11-20)16-24(27)18-6-12-21(28-2)13-7-18/h4-15,23,26H,3,16H2,1-2H3. The van der Waals surface area contributed by atoms with Crippen LogP contribution in [-0.4, -0.2) is 19.5 Å². The van der Waals surface area contributed by atoms with Gasteiger partial charge in [-0.05, 0) is 73.2 Å². The van der Waals surface area contributed by atoms with Crippen molar-refractivity contribution < 1.29 is 18.7 Å². The Kier molecular flexibility index (Phi) is 6.85. The van der Waals surface area contributed by atoms with Gasteiger partial charge in [0, 0.05) is 17.7 Å². The van der Waals surface area contributed by atoms with Crippen LogP contribution in [-0.2, 0) is 0 Å². The minimum atomic E-state index is -0.303. The molecule has 150 valence electrons. The number of Topliss-reactive ketones (excluding diaryl/α,β-unsaturated/α-hetero) is 1. The number of halogens is 1. The third-order valence-electron chi connectivity index (χ3n) is 4.58. The van der Waals surface area contributed by atoms with Gasteiger partial charge in [0.2, 0.25) is 0 Å². The Labute approximate surface area is 170 Å². The van der Waals surface area contributed by atoms with Crippen molar-refractivity contribution in [3.63, 3.8) is 0 Å². The molecule has 0 bridgehead atoms. The summed E-state index contributed by atoms with van der Waals surface area (Å²) in [6, 6.07) is 20.5. The fourth-order valence-corrected chi connectivity index (χ4v) is 3.04. The zero-order valence-corrected chi connectivity index (χ0v) is 16.5. The summed E-state index contributed by atoms with van der Waals surface area (Å²) in [6.45, 7) is 2.52. The first-order valence-electron chi connectivity index (χ1n) is 9.51. The van der Waals surface area contributed by atoms with Crippen molar-refractivity contribution in [1.29, 1.82) is 0 Å². The molecule has 1 atom stereocenters. The molecule has 0 aliphatic rings. The van der Waals surface area contributed by atoms with E-state index in [0.717, 1.165) is 17.0 Å². The third kappa shape index (κ3) is 5.57. The maximum atomic E-state index is 13.3. The van der Waals surface area contributed by atoms with Gasteiger partial charge in [-0.3, -0.25) is 4.79 Å². The van der Waals surface area contributed by atoms with Crippen molar-refractivity contribution in [2.45, 2.75) is 19.4 Å². The van der Waals surface area contributed by atoms with E-state index in [1.165, 1.54) is 12.1 Å². The Morgan fingerprint density at radius 3 is 2.14 bits per heavy atom. The van der Waals surface area contributed by atoms with Gasteiger partial charge in [-0.2, -0.15) is 0 Å². The molecule has 3 aromatic carbocycles. The van der Waals surface area contributed by atoms with E-state index in [1.807, 2.05) is 31.2 Å². The Morgan fingerprint density at radius 2 is 1.55 bits per heavy atom. The van der Waals surface area contributed by atoms with Gasteiger partial charge >= 0.3 is 0 Å².